The largest absolute Gasteiger partial charge is 0.394 e. The summed E-state index contributed by atoms with van der Waals surface area (Å²) in [6, 6.07) is 11.9. The maximum absolute atomic E-state index is 12.6. The van der Waals surface area contributed by atoms with Crippen LogP contribution in [0.5, 0.6) is 0 Å². The third kappa shape index (κ3) is 2.55. The molecule has 4 nitrogen and oxygen atoms in total. The van der Waals surface area contributed by atoms with Gasteiger partial charge >= 0.3 is 0 Å². The normalized spacial score (nSPS) is 18.0. The van der Waals surface area contributed by atoms with Crippen molar-refractivity contribution in [1.29, 1.82) is 0 Å². The van der Waals surface area contributed by atoms with Gasteiger partial charge in [-0.1, -0.05) is 0 Å². The number of carbonyl (C=O) groups excluding carboxylic acids is 1. The Morgan fingerprint density at radius 2 is 1.77 bits per heavy atom. The standard InChI is InChI=1S/C18H22N2O2/c1-13-5-6-14(2)20(13)16-9-7-15(8-10-16)18(22)19-11-3-4-17(19)12-21/h5-10,17,21H,3-4,11-12H2,1-2H3/t17-/m1/s1. The lowest BCUT2D eigenvalue weighted by molar-refractivity contribution is 0.0677. The molecule has 1 fully saturated rings. The first-order valence-electron chi connectivity index (χ1n) is 7.79. The predicted octanol–water partition coefficient (Wildman–Crippen LogP) is 2.69. The minimum absolute atomic E-state index is 0.0176. The van der Waals surface area contributed by atoms with Crippen molar-refractivity contribution >= 4 is 5.91 Å². The summed E-state index contributed by atoms with van der Waals surface area (Å²) in [6.45, 7) is 4.93. The number of benzene rings is 1. The predicted molar refractivity (Wildman–Crippen MR) is 86.4 cm³/mol. The first kappa shape index (κ1) is 14.9. The zero-order valence-corrected chi connectivity index (χ0v) is 13.1. The fourth-order valence-electron chi connectivity index (χ4n) is 3.29. The van der Waals surface area contributed by atoms with Gasteiger partial charge in [0.15, 0.2) is 0 Å². The number of likely N-dealkylation sites (tertiary alicyclic amines) is 1. The first-order chi connectivity index (χ1) is 10.6. The van der Waals surface area contributed by atoms with E-state index < -0.39 is 0 Å². The van der Waals surface area contributed by atoms with E-state index in [0.29, 0.717) is 5.56 Å². The number of amides is 1. The van der Waals surface area contributed by atoms with E-state index in [0.717, 1.165) is 25.1 Å². The molecule has 1 saturated heterocycles. The molecule has 0 spiro atoms. The molecule has 0 saturated carbocycles. The van der Waals surface area contributed by atoms with Crippen LogP contribution in [0.1, 0.15) is 34.6 Å². The summed E-state index contributed by atoms with van der Waals surface area (Å²) < 4.78 is 2.17. The molecule has 1 N–H and O–H groups in total. The Morgan fingerprint density at radius 1 is 1.14 bits per heavy atom. The molecule has 1 aromatic heterocycles. The van der Waals surface area contributed by atoms with Crippen LogP contribution in [0.3, 0.4) is 0 Å². The average Bonchev–Trinajstić information content (AvgIpc) is 3.13. The van der Waals surface area contributed by atoms with Crippen molar-refractivity contribution in [3.8, 4) is 5.69 Å². The van der Waals surface area contributed by atoms with Crippen LogP contribution in [-0.4, -0.2) is 39.7 Å². The van der Waals surface area contributed by atoms with Crippen LogP contribution in [-0.2, 0) is 0 Å². The van der Waals surface area contributed by atoms with E-state index in [1.54, 1.807) is 4.90 Å². The molecule has 1 amide bonds. The van der Waals surface area contributed by atoms with Gasteiger partial charge in [0.05, 0.1) is 12.6 Å². The second kappa shape index (κ2) is 5.97. The molecule has 0 unspecified atom stereocenters. The van der Waals surface area contributed by atoms with Gasteiger partial charge in [0, 0.05) is 29.2 Å². The molecule has 0 bridgehead atoms. The van der Waals surface area contributed by atoms with E-state index in [-0.39, 0.29) is 18.6 Å². The lowest BCUT2D eigenvalue weighted by Crippen LogP contribution is -2.37. The number of hydrogen-bond acceptors (Lipinski definition) is 2. The van der Waals surface area contributed by atoms with Crippen molar-refractivity contribution in [3.63, 3.8) is 0 Å². The van der Waals surface area contributed by atoms with Gasteiger partial charge in [0.1, 0.15) is 0 Å². The van der Waals surface area contributed by atoms with Crippen LogP contribution >= 0.6 is 0 Å². The Kier molecular flexibility index (Phi) is 4.03. The number of nitrogens with zero attached hydrogens (tertiary/aromatic N) is 2. The quantitative estimate of drug-likeness (QED) is 0.947. The maximum atomic E-state index is 12.6. The highest BCUT2D eigenvalue weighted by Crippen LogP contribution is 2.21. The van der Waals surface area contributed by atoms with Crippen LogP contribution in [0.25, 0.3) is 5.69 Å². The second-order valence-electron chi connectivity index (χ2n) is 5.98. The summed E-state index contributed by atoms with van der Waals surface area (Å²) in [5.41, 5.74) is 4.11. The van der Waals surface area contributed by atoms with Crippen LogP contribution in [0.2, 0.25) is 0 Å². The molecule has 116 valence electrons. The molecule has 1 aliphatic heterocycles. The average molecular weight is 298 g/mol. The first-order valence-corrected chi connectivity index (χ1v) is 7.79. The molecule has 1 aliphatic rings. The van der Waals surface area contributed by atoms with Crippen LogP contribution in [0, 0.1) is 13.8 Å². The van der Waals surface area contributed by atoms with E-state index in [2.05, 4.69) is 30.5 Å². The second-order valence-corrected chi connectivity index (χ2v) is 5.98. The Hall–Kier alpha value is -2.07. The number of hydrogen-bond donors (Lipinski definition) is 1. The highest BCUT2D eigenvalue weighted by Gasteiger charge is 2.28. The molecule has 1 atom stereocenters. The molecular weight excluding hydrogens is 276 g/mol. The smallest absolute Gasteiger partial charge is 0.254 e. The fraction of sp³-hybridized carbons (Fsp3) is 0.389. The monoisotopic (exact) mass is 298 g/mol. The highest BCUT2D eigenvalue weighted by atomic mass is 16.3. The summed E-state index contributed by atoms with van der Waals surface area (Å²) in [6.07, 6.45) is 1.86. The van der Waals surface area contributed by atoms with E-state index in [1.165, 1.54) is 11.4 Å². The molecule has 4 heteroatoms. The lowest BCUT2D eigenvalue weighted by Gasteiger charge is -2.23. The zero-order valence-electron chi connectivity index (χ0n) is 13.1. The minimum Gasteiger partial charge on any atom is -0.394 e. The Bertz CT molecular complexity index is 653. The molecule has 22 heavy (non-hydrogen) atoms. The number of aromatic nitrogens is 1. The number of carbonyl (C=O) groups is 1. The van der Waals surface area contributed by atoms with Gasteiger partial charge in [-0.25, -0.2) is 0 Å². The van der Waals surface area contributed by atoms with E-state index in [4.69, 9.17) is 0 Å². The number of aryl methyl sites for hydroxylation is 2. The lowest BCUT2D eigenvalue weighted by atomic mass is 10.1. The Morgan fingerprint density at radius 3 is 2.36 bits per heavy atom. The molecule has 3 rings (SSSR count). The summed E-state index contributed by atoms with van der Waals surface area (Å²) in [7, 11) is 0. The molecule has 2 heterocycles. The molecule has 2 aromatic rings. The van der Waals surface area contributed by atoms with Gasteiger partial charge < -0.3 is 14.6 Å². The van der Waals surface area contributed by atoms with E-state index >= 15 is 0 Å². The van der Waals surface area contributed by atoms with Crippen molar-refractivity contribution in [2.45, 2.75) is 32.7 Å². The van der Waals surface area contributed by atoms with Crippen molar-refractivity contribution in [3.05, 3.63) is 53.3 Å². The van der Waals surface area contributed by atoms with Gasteiger partial charge in [0.2, 0.25) is 0 Å². The highest BCUT2D eigenvalue weighted by molar-refractivity contribution is 5.94. The number of aliphatic hydroxyl groups is 1. The van der Waals surface area contributed by atoms with Gasteiger partial charge in [-0.05, 0) is 63.1 Å². The summed E-state index contributed by atoms with van der Waals surface area (Å²) in [5.74, 6) is 0.0176. The Balaban J connectivity index is 1.84. The summed E-state index contributed by atoms with van der Waals surface area (Å²) in [5, 5.41) is 9.37. The number of rotatable bonds is 3. The van der Waals surface area contributed by atoms with Crippen molar-refractivity contribution in [2.75, 3.05) is 13.2 Å². The van der Waals surface area contributed by atoms with Crippen LogP contribution < -0.4 is 0 Å². The minimum atomic E-state index is -0.0267. The maximum Gasteiger partial charge on any atom is 0.254 e. The van der Waals surface area contributed by atoms with Gasteiger partial charge in [0.25, 0.3) is 5.91 Å². The van der Waals surface area contributed by atoms with Gasteiger partial charge in [-0.15, -0.1) is 0 Å². The molecule has 0 aliphatic carbocycles. The van der Waals surface area contributed by atoms with Gasteiger partial charge in [-0.3, -0.25) is 4.79 Å². The molecule has 1 aromatic carbocycles. The summed E-state index contributed by atoms with van der Waals surface area (Å²) in [4.78, 5) is 14.3. The van der Waals surface area contributed by atoms with Crippen LogP contribution in [0.4, 0.5) is 0 Å². The van der Waals surface area contributed by atoms with E-state index in [9.17, 15) is 9.90 Å². The molecule has 0 radical (unpaired) electrons. The zero-order chi connectivity index (χ0) is 15.7. The topological polar surface area (TPSA) is 45.5 Å². The fourth-order valence-corrected chi connectivity index (χ4v) is 3.29. The Labute approximate surface area is 131 Å². The SMILES string of the molecule is Cc1ccc(C)n1-c1ccc(C(=O)N2CCC[C@@H]2CO)cc1. The third-order valence-corrected chi connectivity index (χ3v) is 4.49. The molecular formula is C18H22N2O2. The number of aliphatic hydroxyl groups excluding tert-OH is 1. The van der Waals surface area contributed by atoms with Crippen molar-refractivity contribution < 1.29 is 9.90 Å². The van der Waals surface area contributed by atoms with Crippen molar-refractivity contribution in [2.24, 2.45) is 0 Å². The third-order valence-electron chi connectivity index (χ3n) is 4.49. The van der Waals surface area contributed by atoms with Gasteiger partial charge in [-0.2, -0.15) is 0 Å². The van der Waals surface area contributed by atoms with Crippen molar-refractivity contribution in [1.82, 2.24) is 9.47 Å². The van der Waals surface area contributed by atoms with Crippen LogP contribution in [0.15, 0.2) is 36.4 Å². The summed E-state index contributed by atoms with van der Waals surface area (Å²) >= 11 is 0. The van der Waals surface area contributed by atoms with E-state index in [1.807, 2.05) is 24.3 Å².